The second-order valence-corrected chi connectivity index (χ2v) is 4.33. The maximum Gasteiger partial charge on any atom is 0.243 e. The Bertz CT molecular complexity index is 474. The molecule has 0 saturated heterocycles. The maximum atomic E-state index is 12.0. The lowest BCUT2D eigenvalue weighted by Gasteiger charge is -2.17. The number of rotatable bonds is 6. The van der Waals surface area contributed by atoms with E-state index in [1.807, 2.05) is 30.3 Å². The van der Waals surface area contributed by atoms with Crippen LogP contribution in [0.2, 0.25) is 0 Å². The first-order chi connectivity index (χ1) is 9.52. The summed E-state index contributed by atoms with van der Waals surface area (Å²) >= 11 is 0. The van der Waals surface area contributed by atoms with E-state index in [2.05, 4.69) is 16.0 Å². The molecule has 0 bridgehead atoms. The van der Waals surface area contributed by atoms with E-state index in [0.29, 0.717) is 6.42 Å². The first kappa shape index (κ1) is 15.7. The molecule has 1 rings (SSSR count). The Labute approximate surface area is 117 Å². The fourth-order valence-electron chi connectivity index (χ4n) is 1.68. The molecule has 0 aromatic heterocycles. The lowest BCUT2D eigenvalue weighted by atomic mass is 10.1. The predicted octanol–water partition coefficient (Wildman–Crippen LogP) is -0.404. The number of amides is 3. The molecule has 0 saturated carbocycles. The number of carbonyl (C=O) groups excluding carboxylic acids is 3. The molecule has 3 amide bonds. The third kappa shape index (κ3) is 5.51. The lowest BCUT2D eigenvalue weighted by molar-refractivity contribution is -0.129. The molecule has 0 spiro atoms. The highest BCUT2D eigenvalue weighted by molar-refractivity contribution is 5.90. The van der Waals surface area contributed by atoms with Crippen molar-refractivity contribution in [1.82, 2.24) is 16.0 Å². The normalized spacial score (nSPS) is 11.3. The van der Waals surface area contributed by atoms with Crippen LogP contribution in [0.25, 0.3) is 0 Å². The Morgan fingerprint density at radius 1 is 1.15 bits per heavy atom. The molecule has 0 heterocycles. The van der Waals surface area contributed by atoms with E-state index in [0.717, 1.165) is 5.56 Å². The largest absolute Gasteiger partial charge is 0.358 e. The first-order valence-electron chi connectivity index (χ1n) is 6.32. The fraction of sp³-hybridized carbons (Fsp3) is 0.357. The van der Waals surface area contributed by atoms with Crippen LogP contribution in [-0.2, 0) is 20.8 Å². The molecule has 108 valence electrons. The van der Waals surface area contributed by atoms with Gasteiger partial charge in [0.05, 0.1) is 6.54 Å². The van der Waals surface area contributed by atoms with Gasteiger partial charge in [0.2, 0.25) is 17.7 Å². The number of hydrogen-bond acceptors (Lipinski definition) is 3. The van der Waals surface area contributed by atoms with Crippen molar-refractivity contribution in [3.63, 3.8) is 0 Å². The van der Waals surface area contributed by atoms with E-state index in [1.54, 1.807) is 0 Å². The minimum atomic E-state index is -0.695. The molecule has 1 aromatic carbocycles. The average Bonchev–Trinajstić information content (AvgIpc) is 2.44. The summed E-state index contributed by atoms with van der Waals surface area (Å²) in [6, 6.07) is 8.66. The molecule has 0 fully saturated rings. The van der Waals surface area contributed by atoms with E-state index in [9.17, 15) is 14.4 Å². The molecule has 3 N–H and O–H groups in total. The van der Waals surface area contributed by atoms with Crippen molar-refractivity contribution in [2.24, 2.45) is 0 Å². The first-order valence-corrected chi connectivity index (χ1v) is 6.32. The van der Waals surface area contributed by atoms with Crippen LogP contribution in [0.1, 0.15) is 12.5 Å². The van der Waals surface area contributed by atoms with Crippen LogP contribution in [0.5, 0.6) is 0 Å². The van der Waals surface area contributed by atoms with Crippen molar-refractivity contribution in [3.05, 3.63) is 35.9 Å². The zero-order valence-corrected chi connectivity index (χ0v) is 11.6. The number of nitrogens with one attached hydrogen (secondary N) is 3. The van der Waals surface area contributed by atoms with Gasteiger partial charge < -0.3 is 16.0 Å². The maximum absolute atomic E-state index is 12.0. The van der Waals surface area contributed by atoms with Crippen molar-refractivity contribution < 1.29 is 14.4 Å². The smallest absolute Gasteiger partial charge is 0.243 e. The van der Waals surface area contributed by atoms with E-state index >= 15 is 0 Å². The monoisotopic (exact) mass is 277 g/mol. The Morgan fingerprint density at radius 3 is 2.35 bits per heavy atom. The van der Waals surface area contributed by atoms with Crippen LogP contribution >= 0.6 is 0 Å². The van der Waals surface area contributed by atoms with Crippen molar-refractivity contribution in [1.29, 1.82) is 0 Å². The van der Waals surface area contributed by atoms with Crippen LogP contribution < -0.4 is 16.0 Å². The van der Waals surface area contributed by atoms with E-state index in [4.69, 9.17) is 0 Å². The number of carbonyl (C=O) groups is 3. The van der Waals surface area contributed by atoms with Gasteiger partial charge in [-0.1, -0.05) is 30.3 Å². The van der Waals surface area contributed by atoms with Crippen molar-refractivity contribution in [3.8, 4) is 0 Å². The summed E-state index contributed by atoms with van der Waals surface area (Å²) in [5.74, 6) is -0.965. The van der Waals surface area contributed by atoms with E-state index in [1.165, 1.54) is 14.0 Å². The lowest BCUT2D eigenvalue weighted by Crippen LogP contribution is -2.49. The molecule has 0 aliphatic rings. The van der Waals surface area contributed by atoms with E-state index in [-0.39, 0.29) is 24.3 Å². The van der Waals surface area contributed by atoms with Gasteiger partial charge in [0, 0.05) is 20.4 Å². The summed E-state index contributed by atoms with van der Waals surface area (Å²) in [6.07, 6.45) is 0.375. The predicted molar refractivity (Wildman–Crippen MR) is 74.8 cm³/mol. The van der Waals surface area contributed by atoms with Gasteiger partial charge >= 0.3 is 0 Å². The number of benzene rings is 1. The second-order valence-electron chi connectivity index (χ2n) is 4.33. The summed E-state index contributed by atoms with van der Waals surface area (Å²) < 4.78 is 0. The summed E-state index contributed by atoms with van der Waals surface area (Å²) in [5, 5.41) is 7.49. The average molecular weight is 277 g/mol. The highest BCUT2D eigenvalue weighted by atomic mass is 16.2. The SMILES string of the molecule is CNC(=O)CNC(=O)[C@H](Cc1ccccc1)NC(C)=O. The topological polar surface area (TPSA) is 87.3 Å². The van der Waals surface area contributed by atoms with Gasteiger partial charge in [-0.3, -0.25) is 14.4 Å². The second kappa shape index (κ2) is 7.93. The van der Waals surface area contributed by atoms with Crippen LogP contribution in [0, 0.1) is 0 Å². The van der Waals surface area contributed by atoms with E-state index < -0.39 is 6.04 Å². The van der Waals surface area contributed by atoms with Gasteiger partial charge in [0.25, 0.3) is 0 Å². The van der Waals surface area contributed by atoms with Gasteiger partial charge in [-0.15, -0.1) is 0 Å². The van der Waals surface area contributed by atoms with Crippen LogP contribution in [0.15, 0.2) is 30.3 Å². The minimum absolute atomic E-state index is 0.111. The molecule has 20 heavy (non-hydrogen) atoms. The van der Waals surface area contributed by atoms with Gasteiger partial charge in [-0.2, -0.15) is 0 Å². The zero-order chi connectivity index (χ0) is 15.0. The van der Waals surface area contributed by atoms with Gasteiger partial charge in [0.15, 0.2) is 0 Å². The van der Waals surface area contributed by atoms with Gasteiger partial charge in [-0.05, 0) is 5.56 Å². The third-order valence-electron chi connectivity index (χ3n) is 2.68. The van der Waals surface area contributed by atoms with Crippen LogP contribution in [-0.4, -0.2) is 37.4 Å². The number of hydrogen-bond donors (Lipinski definition) is 3. The highest BCUT2D eigenvalue weighted by Gasteiger charge is 2.20. The summed E-state index contributed by atoms with van der Waals surface area (Å²) in [4.78, 5) is 34.3. The zero-order valence-electron chi connectivity index (χ0n) is 11.6. The summed E-state index contributed by atoms with van der Waals surface area (Å²) in [7, 11) is 1.49. The molecular weight excluding hydrogens is 258 g/mol. The molecule has 0 aliphatic carbocycles. The molecule has 0 aliphatic heterocycles. The summed E-state index contributed by atoms with van der Waals surface area (Å²) in [5.41, 5.74) is 0.932. The quantitative estimate of drug-likeness (QED) is 0.661. The molecule has 0 radical (unpaired) electrons. The van der Waals surface area contributed by atoms with Crippen molar-refractivity contribution in [2.45, 2.75) is 19.4 Å². The molecule has 6 heteroatoms. The summed E-state index contributed by atoms with van der Waals surface area (Å²) in [6.45, 7) is 1.24. The van der Waals surface area contributed by atoms with Crippen molar-refractivity contribution in [2.75, 3.05) is 13.6 Å². The third-order valence-corrected chi connectivity index (χ3v) is 2.68. The van der Waals surface area contributed by atoms with Crippen molar-refractivity contribution >= 4 is 17.7 Å². The van der Waals surface area contributed by atoms with Crippen LogP contribution in [0.3, 0.4) is 0 Å². The molecule has 0 unspecified atom stereocenters. The Balaban J connectivity index is 2.66. The molecular formula is C14H19N3O3. The van der Waals surface area contributed by atoms with Gasteiger partial charge in [0.1, 0.15) is 6.04 Å². The molecule has 1 atom stereocenters. The Hall–Kier alpha value is -2.37. The molecule has 6 nitrogen and oxygen atoms in total. The number of likely N-dealkylation sites (N-methyl/N-ethyl adjacent to an activating group) is 1. The minimum Gasteiger partial charge on any atom is -0.358 e. The Morgan fingerprint density at radius 2 is 1.80 bits per heavy atom. The van der Waals surface area contributed by atoms with Crippen LogP contribution in [0.4, 0.5) is 0 Å². The molecule has 1 aromatic rings. The Kier molecular flexibility index (Phi) is 6.22. The fourth-order valence-corrected chi connectivity index (χ4v) is 1.68. The highest BCUT2D eigenvalue weighted by Crippen LogP contribution is 2.03. The van der Waals surface area contributed by atoms with Gasteiger partial charge in [-0.25, -0.2) is 0 Å². The standard InChI is InChI=1S/C14H19N3O3/c1-10(18)17-12(8-11-6-4-3-5-7-11)14(20)16-9-13(19)15-2/h3-7,12H,8-9H2,1-2H3,(H,15,19)(H,16,20)(H,17,18)/t12-/m0/s1.